The summed E-state index contributed by atoms with van der Waals surface area (Å²) >= 11 is 0. The van der Waals surface area contributed by atoms with Gasteiger partial charge in [0, 0.05) is 23.4 Å². The predicted molar refractivity (Wildman–Crippen MR) is 74.9 cm³/mol. The predicted octanol–water partition coefficient (Wildman–Crippen LogP) is 0.848. The van der Waals surface area contributed by atoms with E-state index in [1.165, 1.54) is 20.1 Å². The first-order valence-electron chi connectivity index (χ1n) is 6.60. The highest BCUT2D eigenvalue weighted by Gasteiger charge is 2.40. The molecule has 0 saturated heterocycles. The van der Waals surface area contributed by atoms with Gasteiger partial charge in [-0.05, 0) is 19.1 Å². The molecule has 2 unspecified atom stereocenters. The largest absolute Gasteiger partial charge is 0.493 e. The van der Waals surface area contributed by atoms with Crippen molar-refractivity contribution in [1.29, 1.82) is 0 Å². The van der Waals surface area contributed by atoms with Crippen LogP contribution in [0.4, 0.5) is 0 Å². The van der Waals surface area contributed by atoms with Crippen molar-refractivity contribution in [2.45, 2.75) is 25.0 Å². The molecule has 0 aliphatic carbocycles. The van der Waals surface area contributed by atoms with E-state index in [0.717, 1.165) is 5.39 Å². The summed E-state index contributed by atoms with van der Waals surface area (Å²) in [6.45, 7) is 1.06. The van der Waals surface area contributed by atoms with Crippen molar-refractivity contribution in [2.75, 3.05) is 13.7 Å². The van der Waals surface area contributed by atoms with Crippen LogP contribution in [0.25, 0.3) is 11.0 Å². The number of methoxy groups -OCH3 is 1. The summed E-state index contributed by atoms with van der Waals surface area (Å²) in [7, 11) is 1.52. The lowest BCUT2D eigenvalue weighted by Gasteiger charge is -2.27. The van der Waals surface area contributed by atoms with E-state index >= 15 is 0 Å². The SMILES string of the molecule is COc1cc2ccc(=O)oc2c2c1OC(C(C)(O)CO)C2. The Hall–Kier alpha value is -2.05. The summed E-state index contributed by atoms with van der Waals surface area (Å²) < 4.78 is 16.3. The first-order chi connectivity index (χ1) is 9.96. The highest BCUT2D eigenvalue weighted by molar-refractivity contribution is 5.85. The minimum Gasteiger partial charge on any atom is -0.493 e. The second kappa shape index (κ2) is 4.75. The molecule has 0 radical (unpaired) electrons. The van der Waals surface area contributed by atoms with Gasteiger partial charge >= 0.3 is 5.63 Å². The van der Waals surface area contributed by atoms with Gasteiger partial charge in [-0.3, -0.25) is 0 Å². The van der Waals surface area contributed by atoms with Crippen LogP contribution in [0.15, 0.2) is 27.4 Å². The van der Waals surface area contributed by atoms with E-state index < -0.39 is 23.9 Å². The number of aliphatic hydroxyl groups excluding tert-OH is 1. The number of hydrogen-bond donors (Lipinski definition) is 2. The molecule has 0 spiro atoms. The molecule has 21 heavy (non-hydrogen) atoms. The highest BCUT2D eigenvalue weighted by Crippen LogP contribution is 2.44. The Kier molecular flexibility index (Phi) is 3.15. The number of ether oxygens (including phenoxy) is 2. The monoisotopic (exact) mass is 292 g/mol. The zero-order valence-electron chi connectivity index (χ0n) is 11.8. The smallest absolute Gasteiger partial charge is 0.336 e. The van der Waals surface area contributed by atoms with Gasteiger partial charge in [0.15, 0.2) is 11.5 Å². The molecule has 1 aromatic carbocycles. The minimum absolute atomic E-state index is 0.323. The average Bonchev–Trinajstić information content (AvgIpc) is 2.93. The Bertz CT molecular complexity index is 746. The lowest BCUT2D eigenvalue weighted by atomic mass is 9.95. The number of benzene rings is 1. The van der Waals surface area contributed by atoms with Crippen molar-refractivity contribution < 1.29 is 24.1 Å². The van der Waals surface area contributed by atoms with Crippen LogP contribution >= 0.6 is 0 Å². The average molecular weight is 292 g/mol. The van der Waals surface area contributed by atoms with Crippen LogP contribution in [-0.4, -0.2) is 35.6 Å². The Balaban J connectivity index is 2.19. The van der Waals surface area contributed by atoms with Gasteiger partial charge < -0.3 is 24.1 Å². The molecule has 0 bridgehead atoms. The van der Waals surface area contributed by atoms with E-state index in [-0.39, 0.29) is 0 Å². The number of hydrogen-bond acceptors (Lipinski definition) is 6. The van der Waals surface area contributed by atoms with Gasteiger partial charge in [0.1, 0.15) is 17.3 Å². The Labute approximate surface area is 120 Å². The topological polar surface area (TPSA) is 89.1 Å². The number of rotatable bonds is 3. The van der Waals surface area contributed by atoms with Crippen molar-refractivity contribution in [3.63, 3.8) is 0 Å². The summed E-state index contributed by atoms with van der Waals surface area (Å²) in [6, 6.07) is 4.71. The Morgan fingerprint density at radius 1 is 1.48 bits per heavy atom. The fourth-order valence-electron chi connectivity index (χ4n) is 2.52. The van der Waals surface area contributed by atoms with E-state index in [0.29, 0.717) is 29.1 Å². The number of fused-ring (bicyclic) bond motifs is 3. The normalized spacial score (nSPS) is 19.9. The van der Waals surface area contributed by atoms with E-state index in [4.69, 9.17) is 13.9 Å². The summed E-state index contributed by atoms with van der Waals surface area (Å²) in [6.07, 6.45) is -0.314. The van der Waals surface area contributed by atoms with Crippen molar-refractivity contribution in [1.82, 2.24) is 0 Å². The fourth-order valence-corrected chi connectivity index (χ4v) is 2.52. The van der Waals surface area contributed by atoms with Gasteiger partial charge in [0.05, 0.1) is 13.7 Å². The molecule has 6 nitrogen and oxygen atoms in total. The molecule has 2 N–H and O–H groups in total. The van der Waals surface area contributed by atoms with Gasteiger partial charge in [-0.2, -0.15) is 0 Å². The molecule has 2 heterocycles. The zero-order chi connectivity index (χ0) is 15.2. The quantitative estimate of drug-likeness (QED) is 0.815. The highest BCUT2D eigenvalue weighted by atomic mass is 16.5. The molecule has 2 atom stereocenters. The van der Waals surface area contributed by atoms with Gasteiger partial charge in [-0.1, -0.05) is 0 Å². The third kappa shape index (κ3) is 2.16. The Morgan fingerprint density at radius 2 is 2.24 bits per heavy atom. The maximum Gasteiger partial charge on any atom is 0.336 e. The van der Waals surface area contributed by atoms with Crippen molar-refractivity contribution in [2.24, 2.45) is 0 Å². The first kappa shape index (κ1) is 13.9. The van der Waals surface area contributed by atoms with Gasteiger partial charge in [0.25, 0.3) is 0 Å². The van der Waals surface area contributed by atoms with E-state index in [2.05, 4.69) is 0 Å². The first-order valence-corrected chi connectivity index (χ1v) is 6.60. The third-order valence-electron chi connectivity index (χ3n) is 3.81. The Morgan fingerprint density at radius 3 is 2.90 bits per heavy atom. The molecule has 112 valence electrons. The lowest BCUT2D eigenvalue weighted by Crippen LogP contribution is -2.45. The standard InChI is InChI=1S/C15H16O6/c1-15(18,7-16)11-6-9-13-8(3-4-12(17)21-13)5-10(19-2)14(9)20-11/h3-5,11,16,18H,6-7H2,1-2H3. The van der Waals surface area contributed by atoms with Crippen molar-refractivity contribution >= 4 is 11.0 Å². The molecular weight excluding hydrogens is 276 g/mol. The fraction of sp³-hybridized carbons (Fsp3) is 0.400. The van der Waals surface area contributed by atoms with Crippen molar-refractivity contribution in [3.8, 4) is 11.5 Å². The summed E-state index contributed by atoms with van der Waals surface area (Å²) in [5.41, 5.74) is -0.756. The molecule has 0 fully saturated rings. The van der Waals surface area contributed by atoms with E-state index in [1.807, 2.05) is 0 Å². The third-order valence-corrected chi connectivity index (χ3v) is 3.81. The summed E-state index contributed by atoms with van der Waals surface area (Å²) in [5, 5.41) is 20.2. The molecule has 3 rings (SSSR count). The minimum atomic E-state index is -1.40. The zero-order valence-corrected chi connectivity index (χ0v) is 11.8. The maximum absolute atomic E-state index is 11.4. The van der Waals surface area contributed by atoms with Crippen LogP contribution in [-0.2, 0) is 6.42 Å². The lowest BCUT2D eigenvalue weighted by molar-refractivity contribution is -0.0733. The summed E-state index contributed by atoms with van der Waals surface area (Å²) in [4.78, 5) is 11.4. The molecule has 1 aliphatic rings. The van der Waals surface area contributed by atoms with Gasteiger partial charge in [-0.15, -0.1) is 0 Å². The van der Waals surface area contributed by atoms with E-state index in [9.17, 15) is 15.0 Å². The molecular formula is C15H16O6. The van der Waals surface area contributed by atoms with Crippen LogP contribution in [0, 0.1) is 0 Å². The molecule has 1 aromatic heterocycles. The molecule has 6 heteroatoms. The van der Waals surface area contributed by atoms with Crippen LogP contribution in [0.3, 0.4) is 0 Å². The van der Waals surface area contributed by atoms with Crippen LogP contribution in [0.2, 0.25) is 0 Å². The maximum atomic E-state index is 11.4. The van der Waals surface area contributed by atoms with Crippen LogP contribution in [0.5, 0.6) is 11.5 Å². The van der Waals surface area contributed by atoms with E-state index in [1.54, 1.807) is 12.1 Å². The molecule has 2 aromatic rings. The molecule has 0 amide bonds. The van der Waals surface area contributed by atoms with Crippen molar-refractivity contribution in [3.05, 3.63) is 34.2 Å². The number of aliphatic hydroxyl groups is 2. The summed E-state index contributed by atoms with van der Waals surface area (Å²) in [5.74, 6) is 0.945. The second-order valence-electron chi connectivity index (χ2n) is 5.39. The van der Waals surface area contributed by atoms with Gasteiger partial charge in [-0.25, -0.2) is 4.79 Å². The van der Waals surface area contributed by atoms with Gasteiger partial charge in [0.2, 0.25) is 0 Å². The second-order valence-corrected chi connectivity index (χ2v) is 5.39. The van der Waals surface area contributed by atoms with Crippen LogP contribution < -0.4 is 15.1 Å². The van der Waals surface area contributed by atoms with Crippen LogP contribution in [0.1, 0.15) is 12.5 Å². The molecule has 1 aliphatic heterocycles. The molecule has 0 saturated carbocycles.